The van der Waals surface area contributed by atoms with Crippen LogP contribution in [0.3, 0.4) is 0 Å². The first-order chi connectivity index (χ1) is 13.6. The highest BCUT2D eigenvalue weighted by Gasteiger charge is 2.23. The highest BCUT2D eigenvalue weighted by Crippen LogP contribution is 2.22. The lowest BCUT2D eigenvalue weighted by Crippen LogP contribution is -2.38. The summed E-state index contributed by atoms with van der Waals surface area (Å²) in [7, 11) is 0. The minimum absolute atomic E-state index is 0.0565. The number of benzene rings is 1. The van der Waals surface area contributed by atoms with Gasteiger partial charge < -0.3 is 15.1 Å². The first-order valence-corrected chi connectivity index (χ1v) is 10.0. The predicted molar refractivity (Wildman–Crippen MR) is 107 cm³/mol. The van der Waals surface area contributed by atoms with Gasteiger partial charge in [-0.3, -0.25) is 14.3 Å². The molecule has 7 heteroatoms. The number of aromatic nitrogens is 2. The van der Waals surface area contributed by atoms with E-state index in [1.54, 1.807) is 0 Å². The SMILES string of the molecule is CC(=O)NCc1cc2n(n1)CCN(C(=O)c1ccc(N3CCCCC3)cc1)C2. The van der Waals surface area contributed by atoms with Gasteiger partial charge >= 0.3 is 0 Å². The van der Waals surface area contributed by atoms with Crippen LogP contribution >= 0.6 is 0 Å². The van der Waals surface area contributed by atoms with Crippen LogP contribution in [0.5, 0.6) is 0 Å². The van der Waals surface area contributed by atoms with Gasteiger partial charge in [-0.2, -0.15) is 5.10 Å². The monoisotopic (exact) mass is 381 g/mol. The standard InChI is InChI=1S/C21H27N5O2/c1-16(27)22-14-18-13-20-15-25(11-12-26(20)23-18)21(28)17-5-7-19(8-6-17)24-9-3-2-4-10-24/h5-8,13H,2-4,9-12,14-15H2,1H3,(H,22,27). The molecule has 2 aliphatic heterocycles. The van der Waals surface area contributed by atoms with Gasteiger partial charge in [0, 0.05) is 37.8 Å². The van der Waals surface area contributed by atoms with Crippen molar-refractivity contribution in [2.75, 3.05) is 24.5 Å². The average Bonchev–Trinajstić information content (AvgIpc) is 3.15. The van der Waals surface area contributed by atoms with Crippen molar-refractivity contribution in [1.29, 1.82) is 0 Å². The fourth-order valence-electron chi connectivity index (χ4n) is 3.95. The van der Waals surface area contributed by atoms with Gasteiger partial charge in [0.05, 0.1) is 31.0 Å². The van der Waals surface area contributed by atoms with Crippen LogP contribution < -0.4 is 10.2 Å². The van der Waals surface area contributed by atoms with E-state index < -0.39 is 0 Å². The Balaban J connectivity index is 1.41. The molecule has 0 spiro atoms. The van der Waals surface area contributed by atoms with Gasteiger partial charge in [0.2, 0.25) is 5.91 Å². The molecule has 1 saturated heterocycles. The highest BCUT2D eigenvalue weighted by atomic mass is 16.2. The minimum Gasteiger partial charge on any atom is -0.372 e. The zero-order chi connectivity index (χ0) is 19.5. The number of nitrogens with one attached hydrogen (secondary N) is 1. The molecule has 1 aromatic carbocycles. The largest absolute Gasteiger partial charge is 0.372 e. The molecule has 7 nitrogen and oxygen atoms in total. The summed E-state index contributed by atoms with van der Waals surface area (Å²) in [5.74, 6) is -0.0168. The van der Waals surface area contributed by atoms with Crippen molar-refractivity contribution in [1.82, 2.24) is 20.0 Å². The Hall–Kier alpha value is -2.83. The zero-order valence-corrected chi connectivity index (χ0v) is 16.4. The first-order valence-electron chi connectivity index (χ1n) is 10.0. The van der Waals surface area contributed by atoms with Crippen LogP contribution in [0.15, 0.2) is 30.3 Å². The van der Waals surface area contributed by atoms with Gasteiger partial charge in [0.25, 0.3) is 5.91 Å². The normalized spacial score (nSPS) is 16.6. The maximum atomic E-state index is 12.9. The summed E-state index contributed by atoms with van der Waals surface area (Å²) >= 11 is 0. The topological polar surface area (TPSA) is 70.5 Å². The van der Waals surface area contributed by atoms with E-state index in [4.69, 9.17) is 0 Å². The summed E-state index contributed by atoms with van der Waals surface area (Å²) in [6, 6.07) is 9.99. The summed E-state index contributed by atoms with van der Waals surface area (Å²) in [6.07, 6.45) is 3.79. The number of anilines is 1. The minimum atomic E-state index is -0.0734. The van der Waals surface area contributed by atoms with Crippen molar-refractivity contribution in [3.8, 4) is 0 Å². The molecular weight excluding hydrogens is 354 g/mol. The van der Waals surface area contributed by atoms with Crippen molar-refractivity contribution < 1.29 is 9.59 Å². The number of nitrogens with zero attached hydrogens (tertiary/aromatic N) is 4. The summed E-state index contributed by atoms with van der Waals surface area (Å²) in [4.78, 5) is 28.3. The Morgan fingerprint density at radius 1 is 1.04 bits per heavy atom. The Labute approximate surface area is 165 Å². The van der Waals surface area contributed by atoms with Crippen LogP contribution in [-0.2, 0) is 24.4 Å². The average molecular weight is 381 g/mol. The maximum absolute atomic E-state index is 12.9. The van der Waals surface area contributed by atoms with E-state index >= 15 is 0 Å². The number of hydrogen-bond acceptors (Lipinski definition) is 4. The molecule has 0 radical (unpaired) electrons. The van der Waals surface area contributed by atoms with E-state index in [9.17, 15) is 9.59 Å². The maximum Gasteiger partial charge on any atom is 0.254 e. The molecule has 2 aromatic rings. The van der Waals surface area contributed by atoms with Crippen LogP contribution in [0, 0.1) is 0 Å². The van der Waals surface area contributed by atoms with Gasteiger partial charge in [-0.1, -0.05) is 0 Å². The second-order valence-corrected chi connectivity index (χ2v) is 7.58. The predicted octanol–water partition coefficient (Wildman–Crippen LogP) is 2.17. The third kappa shape index (κ3) is 4.03. The quantitative estimate of drug-likeness (QED) is 0.881. The van der Waals surface area contributed by atoms with Crippen LogP contribution in [0.1, 0.15) is 47.9 Å². The van der Waals surface area contributed by atoms with E-state index in [0.29, 0.717) is 26.2 Å². The Morgan fingerprint density at radius 2 is 1.79 bits per heavy atom. The van der Waals surface area contributed by atoms with Gasteiger partial charge in [-0.15, -0.1) is 0 Å². The lowest BCUT2D eigenvalue weighted by Gasteiger charge is -2.29. The molecule has 2 aliphatic rings. The molecule has 0 unspecified atom stereocenters. The number of piperidine rings is 1. The van der Waals surface area contributed by atoms with E-state index in [0.717, 1.165) is 30.0 Å². The number of fused-ring (bicyclic) bond motifs is 1. The Kier molecular flexibility index (Phi) is 5.32. The molecule has 4 rings (SSSR count). The highest BCUT2D eigenvalue weighted by molar-refractivity contribution is 5.94. The van der Waals surface area contributed by atoms with E-state index in [1.807, 2.05) is 27.8 Å². The number of carbonyl (C=O) groups excluding carboxylic acids is 2. The summed E-state index contributed by atoms with van der Waals surface area (Å²) in [6.45, 7) is 5.97. The molecule has 0 saturated carbocycles. The lowest BCUT2D eigenvalue weighted by atomic mass is 10.1. The molecule has 28 heavy (non-hydrogen) atoms. The Morgan fingerprint density at radius 3 is 2.50 bits per heavy atom. The molecule has 1 fully saturated rings. The van der Waals surface area contributed by atoms with Crippen LogP contribution in [0.2, 0.25) is 0 Å². The van der Waals surface area contributed by atoms with Crippen molar-refractivity contribution in [2.45, 2.75) is 45.8 Å². The third-order valence-corrected chi connectivity index (χ3v) is 5.49. The summed E-state index contributed by atoms with van der Waals surface area (Å²) < 4.78 is 1.93. The van der Waals surface area contributed by atoms with E-state index in [2.05, 4.69) is 27.4 Å². The van der Waals surface area contributed by atoms with Crippen molar-refractivity contribution in [2.24, 2.45) is 0 Å². The second kappa shape index (κ2) is 8.04. The van der Waals surface area contributed by atoms with Gasteiger partial charge in [-0.05, 0) is 49.6 Å². The Bertz CT molecular complexity index is 852. The van der Waals surface area contributed by atoms with Gasteiger partial charge in [0.15, 0.2) is 0 Å². The van der Waals surface area contributed by atoms with Crippen LogP contribution in [-0.4, -0.2) is 46.1 Å². The van der Waals surface area contributed by atoms with E-state index in [-0.39, 0.29) is 11.8 Å². The van der Waals surface area contributed by atoms with Gasteiger partial charge in [0.1, 0.15) is 0 Å². The van der Waals surface area contributed by atoms with Crippen LogP contribution in [0.4, 0.5) is 5.69 Å². The fraction of sp³-hybridized carbons (Fsp3) is 0.476. The molecule has 3 heterocycles. The number of rotatable bonds is 4. The van der Waals surface area contributed by atoms with Gasteiger partial charge in [-0.25, -0.2) is 0 Å². The molecule has 0 aliphatic carbocycles. The van der Waals surface area contributed by atoms with E-state index in [1.165, 1.54) is 31.9 Å². The molecule has 148 valence electrons. The molecule has 0 atom stereocenters. The molecule has 0 bridgehead atoms. The van der Waals surface area contributed by atoms with Crippen molar-refractivity contribution in [3.05, 3.63) is 47.3 Å². The number of carbonyl (C=O) groups is 2. The second-order valence-electron chi connectivity index (χ2n) is 7.58. The summed E-state index contributed by atoms with van der Waals surface area (Å²) in [5, 5.41) is 7.27. The molecule has 1 N–H and O–H groups in total. The molecule has 1 aromatic heterocycles. The zero-order valence-electron chi connectivity index (χ0n) is 16.4. The van der Waals surface area contributed by atoms with Crippen molar-refractivity contribution >= 4 is 17.5 Å². The van der Waals surface area contributed by atoms with Crippen molar-refractivity contribution in [3.63, 3.8) is 0 Å². The van der Waals surface area contributed by atoms with Crippen LogP contribution in [0.25, 0.3) is 0 Å². The first kappa shape index (κ1) is 18.5. The lowest BCUT2D eigenvalue weighted by molar-refractivity contribution is -0.119. The summed E-state index contributed by atoms with van der Waals surface area (Å²) in [5.41, 5.74) is 3.76. The number of hydrogen-bond donors (Lipinski definition) is 1. The fourth-order valence-corrected chi connectivity index (χ4v) is 3.95. The molecule has 2 amide bonds. The molecular formula is C21H27N5O2. The third-order valence-electron chi connectivity index (χ3n) is 5.49. The smallest absolute Gasteiger partial charge is 0.254 e. The number of amides is 2.